The molecule has 0 saturated carbocycles. The first-order valence-corrected chi connectivity index (χ1v) is 6.38. The zero-order valence-electron chi connectivity index (χ0n) is 9.50. The molecule has 17 heavy (non-hydrogen) atoms. The lowest BCUT2D eigenvalue weighted by molar-refractivity contribution is 0.218. The second-order valence-corrected chi connectivity index (χ2v) is 5.70. The molecule has 0 fully saturated rings. The van der Waals surface area contributed by atoms with Crippen molar-refractivity contribution in [3.05, 3.63) is 56.0 Å². The van der Waals surface area contributed by atoms with Gasteiger partial charge in [0, 0.05) is 20.3 Å². The van der Waals surface area contributed by atoms with E-state index in [2.05, 4.69) is 0 Å². The predicted octanol–water partition coefficient (Wildman–Crippen LogP) is 4.24. The minimum Gasteiger partial charge on any atom is -0.383 e. The SMILES string of the molecule is Cc1cc(C)c(C(O)c2ccc(Cl)cc2F)s1. The maximum atomic E-state index is 13.7. The van der Waals surface area contributed by atoms with Crippen LogP contribution in [0.5, 0.6) is 0 Å². The summed E-state index contributed by atoms with van der Waals surface area (Å²) in [6, 6.07) is 6.31. The molecular formula is C13H12ClFOS. The van der Waals surface area contributed by atoms with Gasteiger partial charge in [0.25, 0.3) is 0 Å². The van der Waals surface area contributed by atoms with Crippen molar-refractivity contribution < 1.29 is 9.50 Å². The highest BCUT2D eigenvalue weighted by molar-refractivity contribution is 7.12. The Morgan fingerprint density at radius 3 is 2.53 bits per heavy atom. The summed E-state index contributed by atoms with van der Waals surface area (Å²) in [5.41, 5.74) is 1.24. The second-order valence-electron chi connectivity index (χ2n) is 3.97. The summed E-state index contributed by atoms with van der Waals surface area (Å²) in [5.74, 6) is -0.476. The molecule has 90 valence electrons. The van der Waals surface area contributed by atoms with Crippen LogP contribution in [0.15, 0.2) is 24.3 Å². The van der Waals surface area contributed by atoms with Gasteiger partial charge in [0.05, 0.1) is 0 Å². The Bertz CT molecular complexity index is 550. The average molecular weight is 271 g/mol. The topological polar surface area (TPSA) is 20.2 Å². The van der Waals surface area contributed by atoms with Crippen LogP contribution in [0.1, 0.15) is 27.0 Å². The number of hydrogen-bond acceptors (Lipinski definition) is 2. The van der Waals surface area contributed by atoms with Gasteiger partial charge in [-0.25, -0.2) is 4.39 Å². The Kier molecular flexibility index (Phi) is 3.52. The van der Waals surface area contributed by atoms with Crippen molar-refractivity contribution in [3.63, 3.8) is 0 Å². The lowest BCUT2D eigenvalue weighted by atomic mass is 10.1. The number of benzene rings is 1. The summed E-state index contributed by atoms with van der Waals surface area (Å²) >= 11 is 7.16. The van der Waals surface area contributed by atoms with Crippen LogP contribution in [-0.4, -0.2) is 5.11 Å². The lowest BCUT2D eigenvalue weighted by Gasteiger charge is -2.11. The molecular weight excluding hydrogens is 259 g/mol. The minimum absolute atomic E-state index is 0.263. The van der Waals surface area contributed by atoms with E-state index in [-0.39, 0.29) is 5.56 Å². The lowest BCUT2D eigenvalue weighted by Crippen LogP contribution is -2.01. The van der Waals surface area contributed by atoms with Gasteiger partial charge in [0.1, 0.15) is 11.9 Å². The fraction of sp³-hybridized carbons (Fsp3) is 0.231. The molecule has 1 heterocycles. The zero-order valence-corrected chi connectivity index (χ0v) is 11.1. The van der Waals surface area contributed by atoms with E-state index in [1.165, 1.54) is 23.5 Å². The number of aliphatic hydroxyl groups excluding tert-OH is 1. The van der Waals surface area contributed by atoms with E-state index < -0.39 is 11.9 Å². The van der Waals surface area contributed by atoms with Crippen LogP contribution in [0.2, 0.25) is 5.02 Å². The van der Waals surface area contributed by atoms with Gasteiger partial charge < -0.3 is 5.11 Å². The maximum Gasteiger partial charge on any atom is 0.130 e. The first kappa shape index (κ1) is 12.6. The predicted molar refractivity (Wildman–Crippen MR) is 69.3 cm³/mol. The maximum absolute atomic E-state index is 13.7. The van der Waals surface area contributed by atoms with Crippen molar-refractivity contribution in [1.82, 2.24) is 0 Å². The highest BCUT2D eigenvalue weighted by Crippen LogP contribution is 2.33. The van der Waals surface area contributed by atoms with Crippen LogP contribution in [0.4, 0.5) is 4.39 Å². The van der Waals surface area contributed by atoms with E-state index in [0.717, 1.165) is 15.3 Å². The van der Waals surface area contributed by atoms with Crippen molar-refractivity contribution >= 4 is 22.9 Å². The third-order valence-electron chi connectivity index (χ3n) is 2.58. The van der Waals surface area contributed by atoms with E-state index in [1.54, 1.807) is 6.07 Å². The first-order valence-electron chi connectivity index (χ1n) is 5.19. The first-order chi connectivity index (χ1) is 7.99. The highest BCUT2D eigenvalue weighted by atomic mass is 35.5. The number of halogens is 2. The summed E-state index contributed by atoms with van der Waals surface area (Å²) in [6.07, 6.45) is -0.925. The third-order valence-corrected chi connectivity index (χ3v) is 4.02. The van der Waals surface area contributed by atoms with Crippen molar-refractivity contribution in [2.24, 2.45) is 0 Å². The molecule has 1 unspecified atom stereocenters. The van der Waals surface area contributed by atoms with E-state index in [1.807, 2.05) is 19.9 Å². The molecule has 0 saturated heterocycles. The van der Waals surface area contributed by atoms with E-state index >= 15 is 0 Å². The van der Waals surface area contributed by atoms with Crippen LogP contribution in [0.25, 0.3) is 0 Å². The number of hydrogen-bond donors (Lipinski definition) is 1. The van der Waals surface area contributed by atoms with Crippen molar-refractivity contribution in [1.29, 1.82) is 0 Å². The van der Waals surface area contributed by atoms with Crippen LogP contribution >= 0.6 is 22.9 Å². The standard InChI is InChI=1S/C13H12ClFOS/c1-7-5-8(2)17-13(7)12(16)10-4-3-9(14)6-11(10)15/h3-6,12,16H,1-2H3. The fourth-order valence-electron chi connectivity index (χ4n) is 1.80. The van der Waals surface area contributed by atoms with E-state index in [9.17, 15) is 9.50 Å². The Morgan fingerprint density at radius 1 is 1.29 bits per heavy atom. The summed E-state index contributed by atoms with van der Waals surface area (Å²) in [5, 5.41) is 10.5. The van der Waals surface area contributed by atoms with Gasteiger partial charge in [-0.15, -0.1) is 11.3 Å². The Morgan fingerprint density at radius 2 is 2.00 bits per heavy atom. The molecule has 0 aliphatic heterocycles. The van der Waals surface area contributed by atoms with Gasteiger partial charge in [-0.1, -0.05) is 17.7 Å². The normalized spacial score (nSPS) is 12.8. The van der Waals surface area contributed by atoms with Crippen LogP contribution < -0.4 is 0 Å². The quantitative estimate of drug-likeness (QED) is 0.865. The molecule has 0 spiro atoms. The van der Waals surface area contributed by atoms with Crippen molar-refractivity contribution in [3.8, 4) is 0 Å². The number of aliphatic hydroxyl groups is 1. The highest BCUT2D eigenvalue weighted by Gasteiger charge is 2.19. The summed E-state index contributed by atoms with van der Waals surface area (Å²) < 4.78 is 13.7. The number of thiophene rings is 1. The monoisotopic (exact) mass is 270 g/mol. The molecule has 1 atom stereocenters. The zero-order chi connectivity index (χ0) is 12.6. The summed E-state index contributed by atoms with van der Waals surface area (Å²) in [6.45, 7) is 3.88. The van der Waals surface area contributed by atoms with Crippen LogP contribution in [0.3, 0.4) is 0 Å². The van der Waals surface area contributed by atoms with Crippen molar-refractivity contribution in [2.75, 3.05) is 0 Å². The molecule has 1 aromatic heterocycles. The molecule has 1 nitrogen and oxygen atoms in total. The van der Waals surface area contributed by atoms with Gasteiger partial charge in [-0.2, -0.15) is 0 Å². The molecule has 0 bridgehead atoms. The fourth-order valence-corrected chi connectivity index (χ4v) is 3.00. The van der Waals surface area contributed by atoms with Gasteiger partial charge in [0.15, 0.2) is 0 Å². The minimum atomic E-state index is -0.925. The van der Waals surface area contributed by atoms with Crippen molar-refractivity contribution in [2.45, 2.75) is 20.0 Å². The molecule has 2 aromatic rings. The van der Waals surface area contributed by atoms with Crippen LogP contribution in [-0.2, 0) is 0 Å². The smallest absolute Gasteiger partial charge is 0.130 e. The molecule has 0 radical (unpaired) electrons. The van der Waals surface area contributed by atoms with Crippen LogP contribution in [0, 0.1) is 19.7 Å². The number of aryl methyl sites for hydroxylation is 2. The Labute approximate surface area is 108 Å². The average Bonchev–Trinajstić information content (AvgIpc) is 2.57. The molecule has 1 N–H and O–H groups in total. The Hall–Kier alpha value is -0.900. The van der Waals surface area contributed by atoms with Gasteiger partial charge in [0.2, 0.25) is 0 Å². The van der Waals surface area contributed by atoms with E-state index in [0.29, 0.717) is 5.02 Å². The van der Waals surface area contributed by atoms with Gasteiger partial charge in [-0.05, 0) is 37.6 Å². The Balaban J connectivity index is 2.43. The molecule has 0 amide bonds. The third kappa shape index (κ3) is 2.51. The molecule has 4 heteroatoms. The summed E-state index contributed by atoms with van der Waals surface area (Å²) in [4.78, 5) is 1.88. The van der Waals surface area contributed by atoms with Gasteiger partial charge >= 0.3 is 0 Å². The number of rotatable bonds is 2. The van der Waals surface area contributed by atoms with E-state index in [4.69, 9.17) is 11.6 Å². The molecule has 1 aromatic carbocycles. The summed E-state index contributed by atoms with van der Waals surface area (Å²) in [7, 11) is 0. The molecule has 0 aliphatic carbocycles. The molecule has 2 rings (SSSR count). The largest absolute Gasteiger partial charge is 0.383 e. The molecule has 0 aliphatic rings. The van der Waals surface area contributed by atoms with Gasteiger partial charge in [-0.3, -0.25) is 0 Å². The second kappa shape index (κ2) is 4.77.